The molecule has 80 valence electrons. The summed E-state index contributed by atoms with van der Waals surface area (Å²) < 4.78 is 36.2. The average Bonchev–Trinajstić information content (AvgIpc) is 2.01. The lowest BCUT2D eigenvalue weighted by atomic mass is 10.3. The van der Waals surface area contributed by atoms with Crippen molar-refractivity contribution in [2.24, 2.45) is 0 Å². The predicted molar refractivity (Wildman–Crippen MR) is 61.0 cm³/mol. The van der Waals surface area contributed by atoms with E-state index in [0.29, 0.717) is 5.69 Å². The van der Waals surface area contributed by atoms with Crippen LogP contribution in [0.3, 0.4) is 0 Å². The molecule has 0 saturated carbocycles. The Bertz CT molecular complexity index is 290. The summed E-state index contributed by atoms with van der Waals surface area (Å²) >= 11 is 1.98. The number of alkyl halides is 3. The molecule has 0 aliphatic heterocycles. The first kappa shape index (κ1) is 13.8. The molecule has 0 radical (unpaired) electrons. The Hall–Kier alpha value is -0.170. The molecule has 0 heterocycles. The maximum absolute atomic E-state index is 11.8. The van der Waals surface area contributed by atoms with Gasteiger partial charge in [0.25, 0.3) is 0 Å². The van der Waals surface area contributed by atoms with Crippen LogP contribution in [0.4, 0.5) is 18.9 Å². The van der Waals surface area contributed by atoms with Crippen molar-refractivity contribution in [3.63, 3.8) is 0 Å². The molecular weight excluding hydrogens is 329 g/mol. The summed E-state index contributed by atoms with van der Waals surface area (Å²) in [5, 5.41) is 2.32. The van der Waals surface area contributed by atoms with Crippen LogP contribution in [0.5, 0.6) is 0 Å². The first-order valence-electron chi connectivity index (χ1n) is 3.54. The van der Waals surface area contributed by atoms with Crippen molar-refractivity contribution in [2.75, 3.05) is 11.9 Å². The third-order valence-electron chi connectivity index (χ3n) is 1.35. The Morgan fingerprint density at radius 1 is 1.21 bits per heavy atom. The van der Waals surface area contributed by atoms with Gasteiger partial charge in [-0.1, -0.05) is 12.1 Å². The van der Waals surface area contributed by atoms with Crippen molar-refractivity contribution in [1.29, 1.82) is 0 Å². The summed E-state index contributed by atoms with van der Waals surface area (Å²) in [6.07, 6.45) is -4.17. The van der Waals surface area contributed by atoms with Gasteiger partial charge in [0.1, 0.15) is 6.54 Å². The van der Waals surface area contributed by atoms with E-state index < -0.39 is 12.7 Å². The van der Waals surface area contributed by atoms with E-state index >= 15 is 0 Å². The van der Waals surface area contributed by atoms with Gasteiger partial charge in [-0.25, -0.2) is 0 Å². The van der Waals surface area contributed by atoms with Crippen molar-refractivity contribution in [1.82, 2.24) is 0 Å². The second kappa shape index (κ2) is 5.65. The van der Waals surface area contributed by atoms with E-state index in [-0.39, 0.29) is 12.4 Å². The van der Waals surface area contributed by atoms with Gasteiger partial charge in [-0.15, -0.1) is 12.4 Å². The molecule has 0 aromatic heterocycles. The summed E-state index contributed by atoms with van der Waals surface area (Å²) in [5.41, 5.74) is 0.514. The third kappa shape index (κ3) is 4.90. The summed E-state index contributed by atoms with van der Waals surface area (Å²) in [5.74, 6) is 0. The quantitative estimate of drug-likeness (QED) is 0.812. The lowest BCUT2D eigenvalue weighted by molar-refractivity contribution is -0.115. The second-order valence-corrected chi connectivity index (χ2v) is 3.61. The van der Waals surface area contributed by atoms with Gasteiger partial charge in [-0.2, -0.15) is 13.2 Å². The molecule has 14 heavy (non-hydrogen) atoms. The fourth-order valence-electron chi connectivity index (χ4n) is 0.800. The molecule has 6 heteroatoms. The molecule has 0 unspecified atom stereocenters. The maximum atomic E-state index is 11.8. The van der Waals surface area contributed by atoms with Crippen LogP contribution in [-0.4, -0.2) is 12.7 Å². The molecule has 0 aliphatic rings. The van der Waals surface area contributed by atoms with Crippen molar-refractivity contribution in [3.8, 4) is 0 Å². The number of hydrogen-bond donors (Lipinski definition) is 1. The smallest absolute Gasteiger partial charge is 0.376 e. The van der Waals surface area contributed by atoms with Gasteiger partial charge in [-0.05, 0) is 34.7 Å². The maximum Gasteiger partial charge on any atom is 0.405 e. The number of benzene rings is 1. The molecule has 1 aromatic rings. The van der Waals surface area contributed by atoms with Crippen LogP contribution in [0.2, 0.25) is 0 Å². The lowest BCUT2D eigenvalue weighted by Gasteiger charge is -2.10. The number of nitrogens with one attached hydrogen (secondary N) is 1. The van der Waals surface area contributed by atoms with Crippen LogP contribution in [0.1, 0.15) is 0 Å². The highest BCUT2D eigenvalue weighted by molar-refractivity contribution is 14.1. The van der Waals surface area contributed by atoms with Gasteiger partial charge in [0.15, 0.2) is 0 Å². The Morgan fingerprint density at radius 2 is 1.79 bits per heavy atom. The van der Waals surface area contributed by atoms with Crippen molar-refractivity contribution in [2.45, 2.75) is 6.18 Å². The molecule has 1 N–H and O–H groups in total. The first-order valence-corrected chi connectivity index (χ1v) is 4.62. The van der Waals surface area contributed by atoms with Crippen molar-refractivity contribution >= 4 is 40.7 Å². The van der Waals surface area contributed by atoms with Crippen molar-refractivity contribution < 1.29 is 13.2 Å². The van der Waals surface area contributed by atoms with Crippen LogP contribution in [0.15, 0.2) is 24.3 Å². The van der Waals surface area contributed by atoms with E-state index in [1.807, 2.05) is 22.6 Å². The number of anilines is 1. The molecule has 0 amide bonds. The van der Waals surface area contributed by atoms with Gasteiger partial charge in [-0.3, -0.25) is 0 Å². The zero-order chi connectivity index (χ0) is 9.90. The molecule has 0 atom stereocenters. The highest BCUT2D eigenvalue weighted by atomic mass is 127. The van der Waals surface area contributed by atoms with Crippen LogP contribution >= 0.6 is 35.0 Å². The average molecular weight is 338 g/mol. The monoisotopic (exact) mass is 337 g/mol. The number of rotatable bonds is 2. The highest BCUT2D eigenvalue weighted by Crippen LogP contribution is 2.20. The molecule has 1 aromatic carbocycles. The highest BCUT2D eigenvalue weighted by Gasteiger charge is 2.26. The Morgan fingerprint density at radius 3 is 2.29 bits per heavy atom. The van der Waals surface area contributed by atoms with Gasteiger partial charge in [0, 0.05) is 9.26 Å². The topological polar surface area (TPSA) is 12.0 Å². The van der Waals surface area contributed by atoms with E-state index in [0.717, 1.165) is 3.57 Å². The normalized spacial score (nSPS) is 10.6. The van der Waals surface area contributed by atoms with Crippen LogP contribution in [0, 0.1) is 3.57 Å². The minimum Gasteiger partial charge on any atom is -0.376 e. The van der Waals surface area contributed by atoms with Crippen LogP contribution in [0.25, 0.3) is 0 Å². The standard InChI is InChI=1S/C8H7F3IN.ClH/c9-8(10,11)5-13-7-4-2-1-3-6(7)12;/h1-4,13H,5H2;1H. The molecule has 0 aliphatic carbocycles. The molecule has 0 fully saturated rings. The van der Waals surface area contributed by atoms with Gasteiger partial charge in [0.05, 0.1) is 0 Å². The minimum atomic E-state index is -4.17. The summed E-state index contributed by atoms with van der Waals surface area (Å²) in [7, 11) is 0. The molecule has 1 rings (SSSR count). The number of para-hydroxylation sites is 1. The number of halogens is 5. The largest absolute Gasteiger partial charge is 0.405 e. The molecule has 1 nitrogen and oxygen atoms in total. The fourth-order valence-corrected chi connectivity index (χ4v) is 1.38. The van der Waals surface area contributed by atoms with Crippen molar-refractivity contribution in [3.05, 3.63) is 27.8 Å². The van der Waals surface area contributed by atoms with Crippen LogP contribution in [-0.2, 0) is 0 Å². The second-order valence-electron chi connectivity index (χ2n) is 2.45. The fraction of sp³-hybridized carbons (Fsp3) is 0.250. The molecular formula is C8H8ClF3IN. The number of hydrogen-bond acceptors (Lipinski definition) is 1. The van der Waals surface area contributed by atoms with Gasteiger partial charge < -0.3 is 5.32 Å². The van der Waals surface area contributed by atoms with E-state index in [9.17, 15) is 13.2 Å². The zero-order valence-corrected chi connectivity index (χ0v) is 9.91. The summed E-state index contributed by atoms with van der Waals surface area (Å²) in [4.78, 5) is 0. The van der Waals surface area contributed by atoms with E-state index in [2.05, 4.69) is 5.32 Å². The Labute approximate surface area is 99.6 Å². The van der Waals surface area contributed by atoms with E-state index in [4.69, 9.17) is 0 Å². The summed E-state index contributed by atoms with van der Waals surface area (Å²) in [6, 6.07) is 6.84. The van der Waals surface area contributed by atoms with Crippen LogP contribution < -0.4 is 5.32 Å². The molecule has 0 bridgehead atoms. The Balaban J connectivity index is 0.00000169. The zero-order valence-electron chi connectivity index (χ0n) is 6.94. The SMILES string of the molecule is Cl.FC(F)(F)CNc1ccccc1I. The summed E-state index contributed by atoms with van der Waals surface area (Å²) in [6.45, 7) is -0.993. The van der Waals surface area contributed by atoms with Gasteiger partial charge >= 0.3 is 6.18 Å². The molecule has 0 saturated heterocycles. The predicted octanol–water partition coefficient (Wildman–Crippen LogP) is 3.69. The third-order valence-corrected chi connectivity index (χ3v) is 2.29. The minimum absolute atomic E-state index is 0. The van der Waals surface area contributed by atoms with Gasteiger partial charge in [0.2, 0.25) is 0 Å². The molecule has 0 spiro atoms. The first-order chi connectivity index (χ1) is 5.99. The van der Waals surface area contributed by atoms with E-state index in [1.54, 1.807) is 24.3 Å². The Kier molecular flexibility index (Phi) is 5.58. The lowest BCUT2D eigenvalue weighted by Crippen LogP contribution is -2.21. The van der Waals surface area contributed by atoms with E-state index in [1.165, 1.54) is 0 Å².